The molecular weight excluding hydrogens is 364 g/mol. The summed E-state index contributed by atoms with van der Waals surface area (Å²) in [6, 6.07) is 21.8. The number of Topliss-reactive ketones (excluding diaryl/α,β-unsaturated/α-hetero) is 1. The molecule has 4 nitrogen and oxygen atoms in total. The van der Waals surface area contributed by atoms with Crippen LogP contribution >= 0.6 is 0 Å². The summed E-state index contributed by atoms with van der Waals surface area (Å²) in [4.78, 5) is 13.2. The van der Waals surface area contributed by atoms with Gasteiger partial charge in [-0.05, 0) is 58.9 Å². The summed E-state index contributed by atoms with van der Waals surface area (Å²) >= 11 is 0. The molecular formula is C25H22O4. The van der Waals surface area contributed by atoms with Gasteiger partial charge in [-0.1, -0.05) is 48.5 Å². The van der Waals surface area contributed by atoms with Gasteiger partial charge in [0.15, 0.2) is 11.5 Å². The van der Waals surface area contributed by atoms with E-state index in [9.17, 15) is 9.90 Å². The Morgan fingerprint density at radius 2 is 1.55 bits per heavy atom. The van der Waals surface area contributed by atoms with Crippen LogP contribution < -0.4 is 9.47 Å². The van der Waals surface area contributed by atoms with Crippen LogP contribution in [-0.4, -0.2) is 17.7 Å². The second-order valence-corrected chi connectivity index (χ2v) is 7.81. The van der Waals surface area contributed by atoms with Crippen LogP contribution in [0, 0.1) is 0 Å². The SMILES string of the molecule is O=C(Cc1cccc(-c2cccc(CO)c2)c1)C1(c2ccc3c(c2)OCO3)CC1. The molecule has 0 unspecified atom stereocenters. The fourth-order valence-corrected chi connectivity index (χ4v) is 4.11. The molecule has 0 amide bonds. The molecule has 0 bridgehead atoms. The minimum absolute atomic E-state index is 0.0179. The summed E-state index contributed by atoms with van der Waals surface area (Å²) < 4.78 is 10.9. The first kappa shape index (κ1) is 18.0. The first-order chi connectivity index (χ1) is 14.2. The van der Waals surface area contributed by atoms with Gasteiger partial charge in [-0.2, -0.15) is 0 Å². The maximum atomic E-state index is 13.2. The Hall–Kier alpha value is -3.11. The summed E-state index contributed by atoms with van der Waals surface area (Å²) in [7, 11) is 0. The maximum absolute atomic E-state index is 13.2. The molecule has 1 fully saturated rings. The van der Waals surface area contributed by atoms with E-state index in [1.807, 2.05) is 60.7 Å². The van der Waals surface area contributed by atoms with Crippen LogP contribution in [0.15, 0.2) is 66.7 Å². The van der Waals surface area contributed by atoms with E-state index in [0.29, 0.717) is 6.42 Å². The predicted molar refractivity (Wildman–Crippen MR) is 110 cm³/mol. The molecule has 0 aromatic heterocycles. The topological polar surface area (TPSA) is 55.8 Å². The third kappa shape index (κ3) is 3.30. The number of carbonyl (C=O) groups excluding carboxylic acids is 1. The van der Waals surface area contributed by atoms with Crippen molar-refractivity contribution < 1.29 is 19.4 Å². The molecule has 0 atom stereocenters. The molecule has 3 aromatic rings. The predicted octanol–water partition coefficient (Wildman–Crippen LogP) is 4.42. The molecule has 0 spiro atoms. The third-order valence-corrected chi connectivity index (χ3v) is 5.94. The van der Waals surface area contributed by atoms with E-state index < -0.39 is 5.41 Å². The molecule has 146 valence electrons. The highest BCUT2D eigenvalue weighted by atomic mass is 16.7. The quantitative estimate of drug-likeness (QED) is 0.681. The monoisotopic (exact) mass is 386 g/mol. The Balaban J connectivity index is 1.38. The van der Waals surface area contributed by atoms with Crippen molar-refractivity contribution in [3.05, 3.63) is 83.4 Å². The van der Waals surface area contributed by atoms with Crippen molar-refractivity contribution in [3.63, 3.8) is 0 Å². The first-order valence-corrected chi connectivity index (χ1v) is 9.90. The molecule has 1 aliphatic heterocycles. The number of benzene rings is 3. The van der Waals surface area contributed by atoms with Crippen molar-refractivity contribution in [2.45, 2.75) is 31.3 Å². The van der Waals surface area contributed by atoms with Gasteiger partial charge in [0.05, 0.1) is 12.0 Å². The molecule has 3 aromatic carbocycles. The van der Waals surface area contributed by atoms with E-state index in [2.05, 4.69) is 6.07 Å². The lowest BCUT2D eigenvalue weighted by Crippen LogP contribution is -2.22. The van der Waals surface area contributed by atoms with Gasteiger partial charge in [-0.3, -0.25) is 4.79 Å². The number of aliphatic hydroxyl groups excluding tert-OH is 1. The lowest BCUT2D eigenvalue weighted by atomic mass is 9.87. The van der Waals surface area contributed by atoms with Gasteiger partial charge in [0.25, 0.3) is 0 Å². The van der Waals surface area contributed by atoms with Gasteiger partial charge >= 0.3 is 0 Å². The number of ether oxygens (including phenoxy) is 2. The van der Waals surface area contributed by atoms with Crippen molar-refractivity contribution in [2.24, 2.45) is 0 Å². The van der Waals surface area contributed by atoms with Gasteiger partial charge in [0.1, 0.15) is 5.78 Å². The van der Waals surface area contributed by atoms with E-state index in [1.165, 1.54) is 0 Å². The molecule has 4 heteroatoms. The Morgan fingerprint density at radius 1 is 0.862 bits per heavy atom. The molecule has 0 saturated heterocycles. The van der Waals surface area contributed by atoms with E-state index in [4.69, 9.17) is 9.47 Å². The largest absolute Gasteiger partial charge is 0.454 e. The number of hydrogen-bond acceptors (Lipinski definition) is 4. The zero-order valence-electron chi connectivity index (χ0n) is 16.1. The first-order valence-electron chi connectivity index (χ1n) is 9.90. The summed E-state index contributed by atoms with van der Waals surface area (Å²) in [5.41, 5.74) is 4.62. The Labute approximate surface area is 169 Å². The highest BCUT2D eigenvalue weighted by Gasteiger charge is 2.50. The molecule has 1 heterocycles. The lowest BCUT2D eigenvalue weighted by molar-refractivity contribution is -0.120. The summed E-state index contributed by atoms with van der Waals surface area (Å²) in [5, 5.41) is 9.38. The smallest absolute Gasteiger partial charge is 0.231 e. The van der Waals surface area contributed by atoms with Crippen LogP contribution in [0.4, 0.5) is 0 Å². The van der Waals surface area contributed by atoms with Crippen LogP contribution in [0.25, 0.3) is 11.1 Å². The number of fused-ring (bicyclic) bond motifs is 1. The zero-order chi connectivity index (χ0) is 19.8. The Bertz CT molecular complexity index is 1080. The van der Waals surface area contributed by atoms with Gasteiger partial charge in [-0.15, -0.1) is 0 Å². The Morgan fingerprint density at radius 3 is 2.28 bits per heavy atom. The van der Waals surface area contributed by atoms with Crippen molar-refractivity contribution >= 4 is 5.78 Å². The number of ketones is 1. The number of aliphatic hydroxyl groups is 1. The lowest BCUT2D eigenvalue weighted by Gasteiger charge is -2.15. The van der Waals surface area contributed by atoms with E-state index in [-0.39, 0.29) is 19.2 Å². The third-order valence-electron chi connectivity index (χ3n) is 5.94. The van der Waals surface area contributed by atoms with Crippen LogP contribution in [0.2, 0.25) is 0 Å². The average molecular weight is 386 g/mol. The van der Waals surface area contributed by atoms with Crippen LogP contribution in [0.1, 0.15) is 29.5 Å². The molecule has 1 N–H and O–H groups in total. The van der Waals surface area contributed by atoms with E-state index >= 15 is 0 Å². The van der Waals surface area contributed by atoms with Crippen LogP contribution in [-0.2, 0) is 23.2 Å². The molecule has 1 saturated carbocycles. The van der Waals surface area contributed by atoms with Gasteiger partial charge < -0.3 is 14.6 Å². The van der Waals surface area contributed by atoms with Crippen molar-refractivity contribution in [2.75, 3.05) is 6.79 Å². The Kier molecular flexibility index (Phi) is 4.36. The summed E-state index contributed by atoms with van der Waals surface area (Å²) in [5.74, 6) is 1.72. The minimum atomic E-state index is -0.395. The van der Waals surface area contributed by atoms with Gasteiger partial charge in [-0.25, -0.2) is 0 Å². The normalized spacial score (nSPS) is 15.9. The molecule has 2 aliphatic rings. The standard InChI is InChI=1S/C25H22O4/c26-15-18-4-2-6-20(12-18)19-5-1-3-17(11-19)13-24(27)25(9-10-25)21-7-8-22-23(14-21)29-16-28-22/h1-8,11-12,14,26H,9-10,13,15-16H2. The van der Waals surface area contributed by atoms with Crippen molar-refractivity contribution in [1.82, 2.24) is 0 Å². The number of hydrogen-bond donors (Lipinski definition) is 1. The molecule has 0 radical (unpaired) electrons. The van der Waals surface area contributed by atoms with Crippen molar-refractivity contribution in [3.8, 4) is 22.6 Å². The maximum Gasteiger partial charge on any atom is 0.231 e. The molecule has 5 rings (SSSR count). The highest BCUT2D eigenvalue weighted by molar-refractivity contribution is 5.95. The fourth-order valence-electron chi connectivity index (χ4n) is 4.11. The van der Waals surface area contributed by atoms with E-state index in [1.54, 1.807) is 0 Å². The van der Waals surface area contributed by atoms with Crippen molar-refractivity contribution in [1.29, 1.82) is 0 Å². The van der Waals surface area contributed by atoms with Crippen LogP contribution in [0.5, 0.6) is 11.5 Å². The molecule has 1 aliphatic carbocycles. The van der Waals surface area contributed by atoms with Crippen LogP contribution in [0.3, 0.4) is 0 Å². The molecule has 29 heavy (non-hydrogen) atoms. The van der Waals surface area contributed by atoms with E-state index in [0.717, 1.165) is 52.2 Å². The number of carbonyl (C=O) groups is 1. The van der Waals surface area contributed by atoms with Gasteiger partial charge in [0, 0.05) is 6.42 Å². The van der Waals surface area contributed by atoms with Gasteiger partial charge in [0.2, 0.25) is 6.79 Å². The highest BCUT2D eigenvalue weighted by Crippen LogP contribution is 2.51. The average Bonchev–Trinajstić information content (AvgIpc) is 3.45. The second kappa shape index (κ2) is 7.05. The number of rotatable bonds is 6. The summed E-state index contributed by atoms with van der Waals surface area (Å²) in [6.07, 6.45) is 2.16. The second-order valence-electron chi connectivity index (χ2n) is 7.81. The fraction of sp³-hybridized carbons (Fsp3) is 0.240. The minimum Gasteiger partial charge on any atom is -0.454 e. The summed E-state index contributed by atoms with van der Waals surface area (Å²) in [6.45, 7) is 0.258. The zero-order valence-corrected chi connectivity index (χ0v) is 16.1.